The predicted molar refractivity (Wildman–Crippen MR) is 74.4 cm³/mol. The second-order valence-electron chi connectivity index (χ2n) is 6.55. The Morgan fingerprint density at radius 1 is 1.11 bits per heavy atom. The fraction of sp³-hybridized carbons (Fsp3) is 1.00. The highest BCUT2D eigenvalue weighted by atomic mass is 32.2. The maximum absolute atomic E-state index is 12.6. The van der Waals surface area contributed by atoms with E-state index in [1.807, 2.05) is 6.92 Å². The number of nitrogens with zero attached hydrogens (tertiary/aromatic N) is 1. The highest BCUT2D eigenvalue weighted by Gasteiger charge is 2.44. The highest BCUT2D eigenvalue weighted by Crippen LogP contribution is 2.46. The number of sulfonamides is 1. The molecule has 2 atom stereocenters. The van der Waals surface area contributed by atoms with E-state index in [4.69, 9.17) is 4.74 Å². The van der Waals surface area contributed by atoms with Crippen LogP contribution in [-0.4, -0.2) is 43.8 Å². The van der Waals surface area contributed by atoms with Gasteiger partial charge in [-0.3, -0.25) is 0 Å². The van der Waals surface area contributed by atoms with E-state index >= 15 is 0 Å². The van der Waals surface area contributed by atoms with E-state index in [1.165, 1.54) is 25.7 Å². The third kappa shape index (κ3) is 2.45. The van der Waals surface area contributed by atoms with Gasteiger partial charge in [0, 0.05) is 19.7 Å². The van der Waals surface area contributed by atoms with Crippen molar-refractivity contribution in [1.82, 2.24) is 4.31 Å². The summed E-state index contributed by atoms with van der Waals surface area (Å²) in [6.07, 6.45) is 7.93. The molecule has 19 heavy (non-hydrogen) atoms. The van der Waals surface area contributed by atoms with Crippen LogP contribution in [0.5, 0.6) is 0 Å². The van der Waals surface area contributed by atoms with Gasteiger partial charge in [0.05, 0.1) is 6.10 Å². The van der Waals surface area contributed by atoms with E-state index in [1.54, 1.807) is 4.31 Å². The lowest BCUT2D eigenvalue weighted by Crippen LogP contribution is -2.47. The van der Waals surface area contributed by atoms with Crippen molar-refractivity contribution < 1.29 is 13.2 Å². The molecule has 0 unspecified atom stereocenters. The number of rotatable bonds is 2. The standard InChI is InChI=1S/C14H25NO3S/c1-12-13(4-11-18-12)19(16,17)15-9-7-14(8-10-15)5-2-3-6-14/h12-13H,2-11H2,1H3/t12-,13-/m0/s1. The van der Waals surface area contributed by atoms with Crippen molar-refractivity contribution in [1.29, 1.82) is 0 Å². The van der Waals surface area contributed by atoms with Gasteiger partial charge < -0.3 is 4.74 Å². The zero-order chi connectivity index (χ0) is 13.5. The molecule has 0 aromatic heterocycles. The summed E-state index contributed by atoms with van der Waals surface area (Å²) >= 11 is 0. The maximum Gasteiger partial charge on any atom is 0.219 e. The molecular weight excluding hydrogens is 262 g/mol. The van der Waals surface area contributed by atoms with Crippen LogP contribution < -0.4 is 0 Å². The summed E-state index contributed by atoms with van der Waals surface area (Å²) in [6, 6.07) is 0. The number of piperidine rings is 1. The molecule has 3 aliphatic rings. The molecule has 1 saturated carbocycles. The van der Waals surface area contributed by atoms with Gasteiger partial charge in [0.2, 0.25) is 10.0 Å². The molecule has 4 nitrogen and oxygen atoms in total. The van der Waals surface area contributed by atoms with Crippen LogP contribution in [0.3, 0.4) is 0 Å². The van der Waals surface area contributed by atoms with Crippen LogP contribution in [0, 0.1) is 5.41 Å². The van der Waals surface area contributed by atoms with Crippen molar-refractivity contribution in [2.75, 3.05) is 19.7 Å². The lowest BCUT2D eigenvalue weighted by molar-refractivity contribution is 0.123. The Bertz CT molecular complexity index is 418. The summed E-state index contributed by atoms with van der Waals surface area (Å²) in [5.74, 6) is 0. The molecule has 5 heteroatoms. The normalized spacial score (nSPS) is 36.1. The molecular formula is C14H25NO3S. The van der Waals surface area contributed by atoms with Crippen molar-refractivity contribution in [2.45, 2.75) is 63.2 Å². The average molecular weight is 287 g/mol. The Labute approximate surface area is 116 Å². The van der Waals surface area contributed by atoms with Crippen LogP contribution in [0.1, 0.15) is 51.9 Å². The van der Waals surface area contributed by atoms with E-state index in [-0.39, 0.29) is 11.4 Å². The Kier molecular flexibility index (Phi) is 3.65. The Morgan fingerprint density at radius 2 is 1.74 bits per heavy atom. The van der Waals surface area contributed by atoms with Gasteiger partial charge >= 0.3 is 0 Å². The molecule has 0 radical (unpaired) electrons. The number of hydrogen-bond donors (Lipinski definition) is 0. The fourth-order valence-corrected chi connectivity index (χ4v) is 6.17. The van der Waals surface area contributed by atoms with Crippen LogP contribution in [0.25, 0.3) is 0 Å². The minimum Gasteiger partial charge on any atom is -0.377 e. The van der Waals surface area contributed by atoms with Crippen molar-refractivity contribution in [3.05, 3.63) is 0 Å². The summed E-state index contributed by atoms with van der Waals surface area (Å²) < 4.78 is 32.5. The lowest BCUT2D eigenvalue weighted by Gasteiger charge is -2.39. The first-order valence-corrected chi connectivity index (χ1v) is 9.14. The van der Waals surface area contributed by atoms with Crippen LogP contribution in [0.15, 0.2) is 0 Å². The van der Waals surface area contributed by atoms with Gasteiger partial charge in [0.25, 0.3) is 0 Å². The molecule has 0 amide bonds. The molecule has 2 saturated heterocycles. The summed E-state index contributed by atoms with van der Waals surface area (Å²) in [5.41, 5.74) is 0.476. The van der Waals surface area contributed by atoms with Gasteiger partial charge in [-0.1, -0.05) is 12.8 Å². The Hall–Kier alpha value is -0.130. The van der Waals surface area contributed by atoms with Crippen LogP contribution >= 0.6 is 0 Å². The van der Waals surface area contributed by atoms with E-state index < -0.39 is 10.0 Å². The van der Waals surface area contributed by atoms with E-state index in [2.05, 4.69) is 0 Å². The molecule has 2 heterocycles. The molecule has 1 aliphatic carbocycles. The predicted octanol–water partition coefficient (Wildman–Crippen LogP) is 2.15. The number of hydrogen-bond acceptors (Lipinski definition) is 3. The van der Waals surface area contributed by atoms with Gasteiger partial charge in [-0.2, -0.15) is 0 Å². The third-order valence-electron chi connectivity index (χ3n) is 5.50. The van der Waals surface area contributed by atoms with Gasteiger partial charge in [0.1, 0.15) is 5.25 Å². The van der Waals surface area contributed by atoms with Crippen LogP contribution in [0.2, 0.25) is 0 Å². The zero-order valence-electron chi connectivity index (χ0n) is 11.8. The Balaban J connectivity index is 1.67. The van der Waals surface area contributed by atoms with Crippen molar-refractivity contribution in [3.63, 3.8) is 0 Å². The topological polar surface area (TPSA) is 46.6 Å². The second kappa shape index (κ2) is 5.01. The summed E-state index contributed by atoms with van der Waals surface area (Å²) in [5, 5.41) is -0.315. The van der Waals surface area contributed by atoms with E-state index in [9.17, 15) is 8.42 Å². The van der Waals surface area contributed by atoms with Crippen molar-refractivity contribution in [2.24, 2.45) is 5.41 Å². The molecule has 2 aliphatic heterocycles. The van der Waals surface area contributed by atoms with Crippen molar-refractivity contribution >= 4 is 10.0 Å². The third-order valence-corrected chi connectivity index (χ3v) is 7.97. The molecule has 3 rings (SSSR count). The molecule has 110 valence electrons. The van der Waals surface area contributed by atoms with Crippen molar-refractivity contribution in [3.8, 4) is 0 Å². The summed E-state index contributed by atoms with van der Waals surface area (Å²) in [4.78, 5) is 0. The van der Waals surface area contributed by atoms with Gasteiger partial charge in [-0.25, -0.2) is 12.7 Å². The quantitative estimate of drug-likeness (QED) is 0.782. The average Bonchev–Trinajstić information content (AvgIpc) is 3.00. The summed E-state index contributed by atoms with van der Waals surface area (Å²) in [6.45, 7) is 3.93. The SMILES string of the molecule is C[C@@H]1OCC[C@@H]1S(=O)(=O)N1CCC2(CCCC2)CC1. The minimum atomic E-state index is -3.15. The lowest BCUT2D eigenvalue weighted by atomic mass is 9.78. The molecule has 0 bridgehead atoms. The maximum atomic E-state index is 12.6. The molecule has 0 aromatic carbocycles. The second-order valence-corrected chi connectivity index (χ2v) is 8.71. The largest absolute Gasteiger partial charge is 0.377 e. The zero-order valence-corrected chi connectivity index (χ0v) is 12.6. The first kappa shape index (κ1) is 13.8. The Morgan fingerprint density at radius 3 is 2.26 bits per heavy atom. The molecule has 0 aromatic rings. The summed E-state index contributed by atoms with van der Waals surface area (Å²) in [7, 11) is -3.15. The van der Waals surface area contributed by atoms with Gasteiger partial charge in [-0.05, 0) is 44.4 Å². The van der Waals surface area contributed by atoms with E-state index in [0.29, 0.717) is 18.4 Å². The first-order chi connectivity index (χ1) is 9.04. The molecule has 3 fully saturated rings. The van der Waals surface area contributed by atoms with Gasteiger partial charge in [-0.15, -0.1) is 0 Å². The molecule has 1 spiro atoms. The highest BCUT2D eigenvalue weighted by molar-refractivity contribution is 7.89. The number of ether oxygens (including phenoxy) is 1. The minimum absolute atomic E-state index is 0.146. The monoisotopic (exact) mass is 287 g/mol. The smallest absolute Gasteiger partial charge is 0.219 e. The van der Waals surface area contributed by atoms with Gasteiger partial charge in [0.15, 0.2) is 0 Å². The van der Waals surface area contributed by atoms with Crippen LogP contribution in [-0.2, 0) is 14.8 Å². The first-order valence-electron chi connectivity index (χ1n) is 7.64. The fourth-order valence-electron chi connectivity index (χ4n) is 4.13. The van der Waals surface area contributed by atoms with E-state index in [0.717, 1.165) is 25.9 Å². The van der Waals surface area contributed by atoms with Crippen LogP contribution in [0.4, 0.5) is 0 Å². The molecule has 0 N–H and O–H groups in total.